The average molecular weight is 276 g/mol. The lowest BCUT2D eigenvalue weighted by molar-refractivity contribution is 0.0217. The van der Waals surface area contributed by atoms with Crippen LogP contribution in [-0.4, -0.2) is 29.3 Å². The quantitative estimate of drug-likeness (QED) is 0.771. The van der Waals surface area contributed by atoms with Crippen molar-refractivity contribution >= 4 is 0 Å². The summed E-state index contributed by atoms with van der Waals surface area (Å²) in [4.78, 5) is 3.98. The highest BCUT2D eigenvalue weighted by Crippen LogP contribution is 2.09. The van der Waals surface area contributed by atoms with Gasteiger partial charge in [-0.25, -0.2) is 0 Å². The van der Waals surface area contributed by atoms with Gasteiger partial charge in [-0.05, 0) is 36.8 Å². The zero-order chi connectivity index (χ0) is 14.2. The van der Waals surface area contributed by atoms with Crippen LogP contribution in [0.1, 0.15) is 24.3 Å². The summed E-state index contributed by atoms with van der Waals surface area (Å²) in [6, 6.07) is 7.73. The summed E-state index contributed by atoms with van der Waals surface area (Å²) in [6.07, 6.45) is 4.58. The van der Waals surface area contributed by atoms with Gasteiger partial charge in [-0.3, -0.25) is 4.98 Å². The van der Waals surface area contributed by atoms with Crippen molar-refractivity contribution in [3.63, 3.8) is 0 Å². The van der Waals surface area contributed by atoms with E-state index in [1.165, 1.54) is 0 Å². The molecular weight excluding hydrogens is 256 g/mol. The fraction of sp³-hybridized carbons (Fsp3) is 0.400. The third-order valence-electron chi connectivity index (χ3n) is 3.00. The fourth-order valence-corrected chi connectivity index (χ4v) is 1.83. The van der Waals surface area contributed by atoms with E-state index < -0.39 is 6.10 Å². The molecule has 0 saturated heterocycles. The molecule has 20 heavy (non-hydrogen) atoms. The molecule has 0 aliphatic carbocycles. The minimum absolute atomic E-state index is 0.165. The van der Waals surface area contributed by atoms with E-state index in [9.17, 15) is 5.11 Å². The Kier molecular flexibility index (Phi) is 5.73. The molecule has 2 rings (SSSR count). The molecule has 0 fully saturated rings. The van der Waals surface area contributed by atoms with Crippen LogP contribution in [0.4, 0.5) is 0 Å². The lowest BCUT2D eigenvalue weighted by Crippen LogP contribution is -2.32. The van der Waals surface area contributed by atoms with E-state index in [4.69, 9.17) is 9.15 Å². The van der Waals surface area contributed by atoms with Crippen molar-refractivity contribution in [1.82, 2.24) is 10.3 Å². The van der Waals surface area contributed by atoms with Gasteiger partial charge in [0.2, 0.25) is 0 Å². The van der Waals surface area contributed by atoms with Crippen LogP contribution < -0.4 is 5.32 Å². The molecule has 2 atom stereocenters. The molecule has 2 aromatic rings. The highest BCUT2D eigenvalue weighted by Gasteiger charge is 2.09. The molecule has 0 spiro atoms. The number of ether oxygens (including phenoxy) is 1. The van der Waals surface area contributed by atoms with Gasteiger partial charge in [0.05, 0.1) is 19.0 Å². The van der Waals surface area contributed by atoms with Crippen molar-refractivity contribution in [2.24, 2.45) is 0 Å². The van der Waals surface area contributed by atoms with Crippen LogP contribution in [0.2, 0.25) is 0 Å². The van der Waals surface area contributed by atoms with E-state index in [0.717, 1.165) is 11.3 Å². The molecular formula is C15H20N2O3. The molecule has 0 amide bonds. The molecule has 2 N–H and O–H groups in total. The molecule has 2 aromatic heterocycles. The number of aliphatic hydroxyl groups is 1. The molecule has 0 bridgehead atoms. The van der Waals surface area contributed by atoms with Crippen LogP contribution in [0, 0.1) is 0 Å². The van der Waals surface area contributed by atoms with Gasteiger partial charge in [-0.2, -0.15) is 0 Å². The van der Waals surface area contributed by atoms with Crippen LogP contribution in [0.3, 0.4) is 0 Å². The highest BCUT2D eigenvalue weighted by atomic mass is 16.5. The van der Waals surface area contributed by atoms with Gasteiger partial charge in [0.1, 0.15) is 12.4 Å². The predicted octanol–water partition coefficient (Wildman–Crippen LogP) is 1.90. The molecule has 0 saturated carbocycles. The summed E-state index contributed by atoms with van der Waals surface area (Å²) < 4.78 is 10.5. The molecule has 2 heterocycles. The minimum atomic E-state index is -0.547. The third kappa shape index (κ3) is 4.77. The van der Waals surface area contributed by atoms with Gasteiger partial charge in [0.25, 0.3) is 0 Å². The Labute approximate surface area is 118 Å². The van der Waals surface area contributed by atoms with Crippen molar-refractivity contribution in [2.75, 3.05) is 13.2 Å². The molecule has 108 valence electrons. The van der Waals surface area contributed by atoms with Crippen LogP contribution in [-0.2, 0) is 11.3 Å². The monoisotopic (exact) mass is 276 g/mol. The van der Waals surface area contributed by atoms with Gasteiger partial charge in [0.15, 0.2) is 0 Å². The Morgan fingerprint density at radius 2 is 2.15 bits per heavy atom. The smallest absolute Gasteiger partial charge is 0.129 e. The van der Waals surface area contributed by atoms with Crippen LogP contribution in [0.25, 0.3) is 0 Å². The van der Waals surface area contributed by atoms with E-state index in [-0.39, 0.29) is 12.6 Å². The molecule has 0 aromatic carbocycles. The number of nitrogens with one attached hydrogen (secondary N) is 1. The van der Waals surface area contributed by atoms with E-state index in [1.54, 1.807) is 18.7 Å². The zero-order valence-electron chi connectivity index (χ0n) is 11.5. The lowest BCUT2D eigenvalue weighted by Gasteiger charge is -2.17. The maximum atomic E-state index is 9.84. The molecule has 5 nitrogen and oxygen atoms in total. The minimum Gasteiger partial charge on any atom is -0.467 e. The van der Waals surface area contributed by atoms with Crippen LogP contribution in [0.5, 0.6) is 0 Å². The summed E-state index contributed by atoms with van der Waals surface area (Å²) in [6.45, 7) is 3.17. The van der Waals surface area contributed by atoms with Crippen molar-refractivity contribution < 1.29 is 14.3 Å². The largest absolute Gasteiger partial charge is 0.467 e. The lowest BCUT2D eigenvalue weighted by atomic mass is 10.1. The van der Waals surface area contributed by atoms with Crippen molar-refractivity contribution in [2.45, 2.75) is 25.7 Å². The number of hydrogen-bond acceptors (Lipinski definition) is 5. The predicted molar refractivity (Wildman–Crippen MR) is 75.0 cm³/mol. The number of nitrogens with zero attached hydrogens (tertiary/aromatic N) is 1. The fourth-order valence-electron chi connectivity index (χ4n) is 1.83. The van der Waals surface area contributed by atoms with Crippen molar-refractivity contribution in [1.29, 1.82) is 0 Å². The van der Waals surface area contributed by atoms with E-state index in [1.807, 2.05) is 31.2 Å². The molecule has 0 aliphatic rings. The maximum Gasteiger partial charge on any atom is 0.129 e. The second-order valence-electron chi connectivity index (χ2n) is 4.66. The first kappa shape index (κ1) is 14.7. The van der Waals surface area contributed by atoms with Gasteiger partial charge in [-0.15, -0.1) is 0 Å². The van der Waals surface area contributed by atoms with Gasteiger partial charge in [-0.1, -0.05) is 0 Å². The standard InChI is InChI=1S/C15H20N2O3/c1-12(13-4-6-16-7-5-13)17-9-14(18)10-19-11-15-3-2-8-20-15/h2-8,12,14,17-18H,9-11H2,1H3/t12-,14?/m0/s1. The Bertz CT molecular complexity index is 473. The number of rotatable bonds is 8. The Balaban J connectivity index is 1.63. The summed E-state index contributed by atoms with van der Waals surface area (Å²) >= 11 is 0. The molecule has 1 unspecified atom stereocenters. The average Bonchev–Trinajstić information content (AvgIpc) is 2.99. The molecule has 0 aliphatic heterocycles. The molecule has 0 radical (unpaired) electrons. The summed E-state index contributed by atoms with van der Waals surface area (Å²) in [5.74, 6) is 0.760. The first-order valence-electron chi connectivity index (χ1n) is 6.67. The first-order valence-corrected chi connectivity index (χ1v) is 6.67. The SMILES string of the molecule is C[C@H](NCC(O)COCc1ccco1)c1ccncc1. The number of aliphatic hydroxyl groups excluding tert-OH is 1. The van der Waals surface area contributed by atoms with Gasteiger partial charge < -0.3 is 19.6 Å². The number of furan rings is 1. The van der Waals surface area contributed by atoms with Gasteiger partial charge >= 0.3 is 0 Å². The topological polar surface area (TPSA) is 67.5 Å². The summed E-state index contributed by atoms with van der Waals surface area (Å²) in [5, 5.41) is 13.1. The maximum absolute atomic E-state index is 9.84. The highest BCUT2D eigenvalue weighted by molar-refractivity contribution is 5.13. The number of aromatic nitrogens is 1. The zero-order valence-corrected chi connectivity index (χ0v) is 11.5. The normalized spacial score (nSPS) is 14.1. The van der Waals surface area contributed by atoms with Crippen molar-refractivity contribution in [3.8, 4) is 0 Å². The summed E-state index contributed by atoms with van der Waals surface area (Å²) in [5.41, 5.74) is 1.14. The Hall–Kier alpha value is -1.69. The Morgan fingerprint density at radius 3 is 2.85 bits per heavy atom. The van der Waals surface area contributed by atoms with E-state index >= 15 is 0 Å². The third-order valence-corrected chi connectivity index (χ3v) is 3.00. The second kappa shape index (κ2) is 7.79. The van der Waals surface area contributed by atoms with Crippen molar-refractivity contribution in [3.05, 3.63) is 54.2 Å². The number of hydrogen-bond donors (Lipinski definition) is 2. The first-order chi connectivity index (χ1) is 9.75. The van der Waals surface area contributed by atoms with E-state index in [0.29, 0.717) is 13.2 Å². The van der Waals surface area contributed by atoms with Crippen LogP contribution >= 0.6 is 0 Å². The van der Waals surface area contributed by atoms with E-state index in [2.05, 4.69) is 10.3 Å². The number of pyridine rings is 1. The van der Waals surface area contributed by atoms with Crippen LogP contribution in [0.15, 0.2) is 47.3 Å². The Morgan fingerprint density at radius 1 is 1.35 bits per heavy atom. The summed E-state index contributed by atoms with van der Waals surface area (Å²) in [7, 11) is 0. The molecule has 5 heteroatoms. The van der Waals surface area contributed by atoms with Gasteiger partial charge in [0, 0.05) is 25.0 Å². The second-order valence-corrected chi connectivity index (χ2v) is 4.66.